The fourth-order valence-electron chi connectivity index (χ4n) is 1.48. The Morgan fingerprint density at radius 1 is 1.32 bits per heavy atom. The first-order chi connectivity index (χ1) is 8.75. The van der Waals surface area contributed by atoms with Gasteiger partial charge in [-0.1, -0.05) is 12.1 Å². The lowest BCUT2D eigenvalue weighted by Gasteiger charge is -2.12. The maximum atomic E-state index is 12.6. The van der Waals surface area contributed by atoms with E-state index in [2.05, 4.69) is 4.74 Å². The molecule has 104 valence electrons. The number of ether oxygens (including phenoxy) is 1. The molecule has 0 aromatic heterocycles. The van der Waals surface area contributed by atoms with Crippen molar-refractivity contribution in [2.45, 2.75) is 6.18 Å². The molecule has 0 aliphatic rings. The number of hydrogen-bond donors (Lipinski definition) is 0. The van der Waals surface area contributed by atoms with Gasteiger partial charge in [-0.3, -0.25) is 0 Å². The van der Waals surface area contributed by atoms with E-state index in [0.717, 1.165) is 12.1 Å². The quantitative estimate of drug-likeness (QED) is 0.626. The Labute approximate surface area is 109 Å². The van der Waals surface area contributed by atoms with E-state index >= 15 is 0 Å². The van der Waals surface area contributed by atoms with Gasteiger partial charge in [-0.2, -0.15) is 13.2 Å². The number of benzene rings is 1. The van der Waals surface area contributed by atoms with Gasteiger partial charge in [-0.05, 0) is 17.7 Å². The van der Waals surface area contributed by atoms with Crippen LogP contribution in [-0.4, -0.2) is 32.1 Å². The van der Waals surface area contributed by atoms with Crippen LogP contribution in [0.2, 0.25) is 0 Å². The molecule has 0 bridgehead atoms. The highest BCUT2D eigenvalue weighted by atomic mass is 19.4. The molecule has 0 spiro atoms. The molecule has 1 rings (SSSR count). The van der Waals surface area contributed by atoms with Crippen LogP contribution in [0.15, 0.2) is 30.5 Å². The van der Waals surface area contributed by atoms with Crippen molar-refractivity contribution in [3.63, 3.8) is 0 Å². The zero-order chi connectivity index (χ0) is 14.6. The van der Waals surface area contributed by atoms with Crippen molar-refractivity contribution in [1.29, 1.82) is 0 Å². The smallest absolute Gasteiger partial charge is 0.416 e. The van der Waals surface area contributed by atoms with Gasteiger partial charge < -0.3 is 9.64 Å². The molecule has 0 saturated heterocycles. The molecule has 0 fully saturated rings. The average molecular weight is 273 g/mol. The lowest BCUT2D eigenvalue weighted by atomic mass is 10.0. The maximum absolute atomic E-state index is 12.6. The summed E-state index contributed by atoms with van der Waals surface area (Å²) >= 11 is 0. The molecule has 0 aliphatic heterocycles. The summed E-state index contributed by atoms with van der Waals surface area (Å²) < 4.78 is 42.5. The molecule has 1 aromatic carbocycles. The number of carbonyl (C=O) groups excluding carboxylic acids is 1. The molecule has 0 unspecified atom stereocenters. The third kappa shape index (κ3) is 4.01. The molecular formula is C13H14F3NO2. The summed E-state index contributed by atoms with van der Waals surface area (Å²) in [5.41, 5.74) is -0.576. The highest BCUT2D eigenvalue weighted by Crippen LogP contribution is 2.31. The van der Waals surface area contributed by atoms with Crippen LogP contribution < -0.4 is 0 Å². The van der Waals surface area contributed by atoms with E-state index in [9.17, 15) is 18.0 Å². The van der Waals surface area contributed by atoms with E-state index in [0.29, 0.717) is 0 Å². The molecule has 0 saturated carbocycles. The number of carbonyl (C=O) groups is 1. The predicted molar refractivity (Wildman–Crippen MR) is 65.1 cm³/mol. The summed E-state index contributed by atoms with van der Waals surface area (Å²) in [4.78, 5) is 13.2. The Bertz CT molecular complexity index is 493. The summed E-state index contributed by atoms with van der Waals surface area (Å²) in [6.07, 6.45) is -3.03. The van der Waals surface area contributed by atoms with Crippen LogP contribution >= 0.6 is 0 Å². The number of hydrogen-bond acceptors (Lipinski definition) is 3. The number of methoxy groups -OCH3 is 1. The van der Waals surface area contributed by atoms with Crippen molar-refractivity contribution in [2.75, 3.05) is 21.2 Å². The van der Waals surface area contributed by atoms with E-state index in [1.807, 2.05) is 0 Å². The van der Waals surface area contributed by atoms with Crippen LogP contribution in [0.25, 0.3) is 5.57 Å². The summed E-state index contributed by atoms with van der Waals surface area (Å²) in [5.74, 6) is -0.687. The van der Waals surface area contributed by atoms with Crippen molar-refractivity contribution in [3.8, 4) is 0 Å². The molecule has 1 aromatic rings. The number of nitrogens with zero attached hydrogens (tertiary/aromatic N) is 1. The fourth-order valence-corrected chi connectivity index (χ4v) is 1.48. The topological polar surface area (TPSA) is 29.5 Å². The van der Waals surface area contributed by atoms with Crippen LogP contribution in [0, 0.1) is 0 Å². The molecule has 0 amide bonds. The lowest BCUT2D eigenvalue weighted by Crippen LogP contribution is -2.11. The molecule has 0 heterocycles. The van der Waals surface area contributed by atoms with Crippen LogP contribution in [0.1, 0.15) is 11.1 Å². The lowest BCUT2D eigenvalue weighted by molar-refractivity contribution is -0.138. The number of esters is 1. The Morgan fingerprint density at radius 2 is 1.95 bits per heavy atom. The normalized spacial score (nSPS) is 12.2. The number of alkyl halides is 3. The summed E-state index contributed by atoms with van der Waals surface area (Å²) in [7, 11) is 4.51. The highest BCUT2D eigenvalue weighted by Gasteiger charge is 2.31. The second kappa shape index (κ2) is 5.77. The van der Waals surface area contributed by atoms with Crippen molar-refractivity contribution in [1.82, 2.24) is 4.90 Å². The van der Waals surface area contributed by atoms with Gasteiger partial charge in [-0.15, -0.1) is 0 Å². The fraction of sp³-hybridized carbons (Fsp3) is 0.308. The SMILES string of the molecule is COC(=O)C(=CN(C)C)c1cccc(C(F)(F)F)c1. The van der Waals surface area contributed by atoms with Crippen LogP contribution in [-0.2, 0) is 15.7 Å². The van der Waals surface area contributed by atoms with Gasteiger partial charge in [0.15, 0.2) is 0 Å². The van der Waals surface area contributed by atoms with Gasteiger partial charge >= 0.3 is 12.1 Å². The standard InChI is InChI=1S/C13H14F3NO2/c1-17(2)8-11(12(18)19-3)9-5-4-6-10(7-9)13(14,15)16/h4-8H,1-3H3. The van der Waals surface area contributed by atoms with Crippen molar-refractivity contribution >= 4 is 11.5 Å². The summed E-state index contributed by atoms with van der Waals surface area (Å²) in [6, 6.07) is 4.56. The third-order valence-corrected chi connectivity index (χ3v) is 2.29. The number of halogens is 3. The molecule has 19 heavy (non-hydrogen) atoms. The number of rotatable bonds is 3. The molecule has 3 nitrogen and oxygen atoms in total. The van der Waals surface area contributed by atoms with Crippen molar-refractivity contribution in [2.24, 2.45) is 0 Å². The first kappa shape index (κ1) is 15.1. The molecular weight excluding hydrogens is 259 g/mol. The molecule has 0 aliphatic carbocycles. The molecule has 0 radical (unpaired) electrons. The maximum Gasteiger partial charge on any atom is 0.416 e. The van der Waals surface area contributed by atoms with E-state index < -0.39 is 17.7 Å². The van der Waals surface area contributed by atoms with Crippen LogP contribution in [0.3, 0.4) is 0 Å². The monoisotopic (exact) mass is 273 g/mol. The van der Waals surface area contributed by atoms with Gasteiger partial charge in [0.05, 0.1) is 18.2 Å². The minimum absolute atomic E-state index is 0.0681. The zero-order valence-corrected chi connectivity index (χ0v) is 10.8. The first-order valence-corrected chi connectivity index (χ1v) is 5.40. The Morgan fingerprint density at radius 3 is 2.42 bits per heavy atom. The third-order valence-electron chi connectivity index (χ3n) is 2.29. The van der Waals surface area contributed by atoms with Gasteiger partial charge in [-0.25, -0.2) is 4.79 Å². The Kier molecular flexibility index (Phi) is 4.58. The largest absolute Gasteiger partial charge is 0.465 e. The Hall–Kier alpha value is -1.98. The second-order valence-electron chi connectivity index (χ2n) is 4.08. The van der Waals surface area contributed by atoms with E-state index in [1.165, 1.54) is 25.4 Å². The first-order valence-electron chi connectivity index (χ1n) is 5.40. The van der Waals surface area contributed by atoms with Crippen molar-refractivity contribution in [3.05, 3.63) is 41.6 Å². The molecule has 6 heteroatoms. The van der Waals surface area contributed by atoms with Crippen molar-refractivity contribution < 1.29 is 22.7 Å². The predicted octanol–water partition coefficient (Wildman–Crippen LogP) is 2.78. The van der Waals surface area contributed by atoms with E-state index in [4.69, 9.17) is 0 Å². The summed E-state index contributed by atoms with van der Waals surface area (Å²) in [5, 5.41) is 0. The van der Waals surface area contributed by atoms with Gasteiger partial charge in [0.1, 0.15) is 0 Å². The van der Waals surface area contributed by atoms with E-state index in [-0.39, 0.29) is 11.1 Å². The zero-order valence-electron chi connectivity index (χ0n) is 10.8. The highest BCUT2D eigenvalue weighted by molar-refractivity contribution is 6.16. The second-order valence-corrected chi connectivity index (χ2v) is 4.08. The minimum atomic E-state index is -4.45. The summed E-state index contributed by atoms with van der Waals surface area (Å²) in [6.45, 7) is 0. The van der Waals surface area contributed by atoms with E-state index in [1.54, 1.807) is 19.0 Å². The van der Waals surface area contributed by atoms with Gasteiger partial charge in [0.25, 0.3) is 0 Å². The van der Waals surface area contributed by atoms with Crippen LogP contribution in [0.5, 0.6) is 0 Å². The minimum Gasteiger partial charge on any atom is -0.465 e. The average Bonchev–Trinajstić information content (AvgIpc) is 2.34. The van der Waals surface area contributed by atoms with Gasteiger partial charge in [0.2, 0.25) is 0 Å². The van der Waals surface area contributed by atoms with Crippen LogP contribution in [0.4, 0.5) is 13.2 Å². The molecule has 0 N–H and O–H groups in total. The molecule has 0 atom stereocenters. The van der Waals surface area contributed by atoms with Gasteiger partial charge in [0, 0.05) is 20.3 Å². The Balaban J connectivity index is 3.28.